The first-order valence-corrected chi connectivity index (χ1v) is 10.8. The van der Waals surface area contributed by atoms with Gasteiger partial charge in [0.15, 0.2) is 0 Å². The van der Waals surface area contributed by atoms with Gasteiger partial charge in [-0.15, -0.1) is 0 Å². The van der Waals surface area contributed by atoms with E-state index in [0.29, 0.717) is 21.5 Å². The van der Waals surface area contributed by atoms with E-state index < -0.39 is 23.8 Å². The van der Waals surface area contributed by atoms with Crippen molar-refractivity contribution < 1.29 is 33.4 Å². The topological polar surface area (TPSA) is 126 Å². The van der Waals surface area contributed by atoms with Crippen molar-refractivity contribution in [1.82, 2.24) is 10.2 Å². The number of carboxylic acid groups (broad SMARTS) is 1. The SMILES string of the molecule is O=C1NC(=O)N(Cc2ccco2)C(=O)/C1=C/c1ccc(OCc2ccc(C(=O)O)cc2)c(Br)c1. The maximum Gasteiger partial charge on any atom is 0.335 e. The maximum atomic E-state index is 12.8. The molecule has 0 radical (unpaired) electrons. The summed E-state index contributed by atoms with van der Waals surface area (Å²) in [6.45, 7) is 0.107. The fraction of sp³-hybridized carbons (Fsp3) is 0.0833. The Morgan fingerprint density at radius 1 is 1.12 bits per heavy atom. The molecule has 2 N–H and O–H groups in total. The molecule has 0 atom stereocenters. The van der Waals surface area contributed by atoms with Gasteiger partial charge in [-0.25, -0.2) is 9.59 Å². The van der Waals surface area contributed by atoms with E-state index >= 15 is 0 Å². The largest absolute Gasteiger partial charge is 0.488 e. The summed E-state index contributed by atoms with van der Waals surface area (Å²) in [4.78, 5) is 49.1. The van der Waals surface area contributed by atoms with Crippen molar-refractivity contribution in [2.75, 3.05) is 0 Å². The molecule has 1 saturated heterocycles. The second kappa shape index (κ2) is 9.75. The first-order valence-electron chi connectivity index (χ1n) is 9.97. The summed E-state index contributed by atoms with van der Waals surface area (Å²) in [5.41, 5.74) is 1.32. The minimum atomic E-state index is -1.00. The van der Waals surface area contributed by atoms with Crippen LogP contribution >= 0.6 is 15.9 Å². The molecule has 0 spiro atoms. The summed E-state index contributed by atoms with van der Waals surface area (Å²) < 4.78 is 11.5. The summed E-state index contributed by atoms with van der Waals surface area (Å²) in [5.74, 6) is -1.60. The van der Waals surface area contributed by atoms with Crippen LogP contribution in [0.3, 0.4) is 0 Å². The van der Waals surface area contributed by atoms with Crippen molar-refractivity contribution in [3.05, 3.63) is 93.4 Å². The average molecular weight is 525 g/mol. The summed E-state index contributed by atoms with van der Waals surface area (Å²) in [5, 5.41) is 11.1. The molecular weight excluding hydrogens is 508 g/mol. The molecule has 9 nitrogen and oxygen atoms in total. The van der Waals surface area contributed by atoms with Crippen molar-refractivity contribution in [2.45, 2.75) is 13.2 Å². The first-order chi connectivity index (χ1) is 16.3. The number of imide groups is 2. The molecule has 2 aromatic carbocycles. The molecule has 3 aromatic rings. The number of hydrogen-bond acceptors (Lipinski definition) is 6. The standard InChI is InChI=1S/C24H17BrN2O7/c25-19-11-15(5-8-20(19)34-13-14-3-6-16(7-4-14)23(30)31)10-18-21(28)26-24(32)27(22(18)29)12-17-2-1-9-33-17/h1-11H,12-13H2,(H,30,31)(H,26,28,32)/b18-10+. The number of benzene rings is 2. The van der Waals surface area contributed by atoms with E-state index in [1.54, 1.807) is 42.5 Å². The van der Waals surface area contributed by atoms with Crippen molar-refractivity contribution in [3.63, 3.8) is 0 Å². The number of barbiturate groups is 1. The van der Waals surface area contributed by atoms with Crippen LogP contribution in [0.1, 0.15) is 27.2 Å². The van der Waals surface area contributed by atoms with Crippen LogP contribution in [0, 0.1) is 0 Å². The molecule has 1 aliphatic rings. The van der Waals surface area contributed by atoms with Gasteiger partial charge in [-0.1, -0.05) is 18.2 Å². The number of urea groups is 1. The number of halogens is 1. The number of furan rings is 1. The number of amides is 4. The van der Waals surface area contributed by atoms with E-state index in [4.69, 9.17) is 14.3 Å². The number of carboxylic acids is 1. The van der Waals surface area contributed by atoms with E-state index in [1.807, 2.05) is 0 Å². The number of carbonyl (C=O) groups excluding carboxylic acids is 3. The highest BCUT2D eigenvalue weighted by atomic mass is 79.9. The molecule has 1 aliphatic heterocycles. The second-order valence-corrected chi connectivity index (χ2v) is 8.12. The van der Waals surface area contributed by atoms with Gasteiger partial charge in [-0.05, 0) is 69.5 Å². The van der Waals surface area contributed by atoms with Gasteiger partial charge in [-0.3, -0.25) is 19.8 Å². The number of nitrogens with one attached hydrogen (secondary N) is 1. The molecule has 0 aliphatic carbocycles. The third-order valence-corrected chi connectivity index (χ3v) is 5.56. The Morgan fingerprint density at radius 2 is 1.88 bits per heavy atom. The highest BCUT2D eigenvalue weighted by molar-refractivity contribution is 9.10. The maximum absolute atomic E-state index is 12.8. The number of carbonyl (C=O) groups is 4. The number of aromatic carboxylic acids is 1. The zero-order valence-corrected chi connectivity index (χ0v) is 19.1. The van der Waals surface area contributed by atoms with Crippen LogP contribution in [0.4, 0.5) is 4.79 Å². The van der Waals surface area contributed by atoms with Crippen LogP contribution in [-0.2, 0) is 22.7 Å². The average Bonchev–Trinajstić information content (AvgIpc) is 3.32. The zero-order chi connectivity index (χ0) is 24.2. The number of ether oxygens (including phenoxy) is 1. The molecule has 34 heavy (non-hydrogen) atoms. The first kappa shape index (κ1) is 23.0. The highest BCUT2D eigenvalue weighted by Gasteiger charge is 2.36. The van der Waals surface area contributed by atoms with Gasteiger partial charge in [0.1, 0.15) is 23.7 Å². The minimum absolute atomic E-state index is 0.105. The Bertz CT molecular complexity index is 1300. The Balaban J connectivity index is 1.48. The lowest BCUT2D eigenvalue weighted by Crippen LogP contribution is -2.53. The van der Waals surface area contributed by atoms with Gasteiger partial charge in [0, 0.05) is 0 Å². The lowest BCUT2D eigenvalue weighted by Gasteiger charge is -2.25. The molecule has 0 bridgehead atoms. The normalized spacial score (nSPS) is 14.9. The lowest BCUT2D eigenvalue weighted by molar-refractivity contribution is -0.130. The summed E-state index contributed by atoms with van der Waals surface area (Å²) >= 11 is 3.41. The Hall–Kier alpha value is -4.18. The summed E-state index contributed by atoms with van der Waals surface area (Å²) in [7, 11) is 0. The van der Waals surface area contributed by atoms with Crippen molar-refractivity contribution in [1.29, 1.82) is 0 Å². The number of hydrogen-bond donors (Lipinski definition) is 2. The Kier molecular flexibility index (Phi) is 6.60. The predicted octanol–water partition coefficient (Wildman–Crippen LogP) is 3.98. The van der Waals surface area contributed by atoms with Crippen LogP contribution < -0.4 is 10.1 Å². The van der Waals surface area contributed by atoms with Crippen LogP contribution in [0.5, 0.6) is 5.75 Å². The van der Waals surface area contributed by atoms with Gasteiger partial charge in [0.25, 0.3) is 11.8 Å². The van der Waals surface area contributed by atoms with Crippen LogP contribution in [-0.4, -0.2) is 33.8 Å². The van der Waals surface area contributed by atoms with Gasteiger partial charge < -0.3 is 14.3 Å². The predicted molar refractivity (Wildman–Crippen MR) is 123 cm³/mol. The second-order valence-electron chi connectivity index (χ2n) is 7.27. The Labute approximate surface area is 201 Å². The Morgan fingerprint density at radius 3 is 2.53 bits per heavy atom. The van der Waals surface area contributed by atoms with Gasteiger partial charge in [0.2, 0.25) is 0 Å². The van der Waals surface area contributed by atoms with Gasteiger partial charge in [0.05, 0.1) is 22.8 Å². The smallest absolute Gasteiger partial charge is 0.335 e. The highest BCUT2D eigenvalue weighted by Crippen LogP contribution is 2.28. The molecule has 1 aromatic heterocycles. The molecular formula is C24H17BrN2O7. The fourth-order valence-electron chi connectivity index (χ4n) is 3.19. The number of rotatable bonds is 7. The van der Waals surface area contributed by atoms with Crippen molar-refractivity contribution in [3.8, 4) is 5.75 Å². The zero-order valence-electron chi connectivity index (χ0n) is 17.5. The molecule has 10 heteroatoms. The van der Waals surface area contributed by atoms with E-state index in [2.05, 4.69) is 21.2 Å². The molecule has 0 saturated carbocycles. The lowest BCUT2D eigenvalue weighted by atomic mass is 10.1. The third-order valence-electron chi connectivity index (χ3n) is 4.94. The van der Waals surface area contributed by atoms with Crippen LogP contribution in [0.25, 0.3) is 6.08 Å². The van der Waals surface area contributed by atoms with Crippen molar-refractivity contribution in [2.24, 2.45) is 0 Å². The molecule has 0 unspecified atom stereocenters. The van der Waals surface area contributed by atoms with E-state index in [9.17, 15) is 19.2 Å². The quantitative estimate of drug-likeness (QED) is 0.353. The van der Waals surface area contributed by atoms with Crippen LogP contribution in [0.15, 0.2) is 75.3 Å². The molecule has 1 fully saturated rings. The van der Waals surface area contributed by atoms with Gasteiger partial charge >= 0.3 is 12.0 Å². The van der Waals surface area contributed by atoms with E-state index in [-0.39, 0.29) is 24.3 Å². The van der Waals surface area contributed by atoms with E-state index in [1.165, 1.54) is 24.5 Å². The third kappa shape index (κ3) is 5.07. The molecule has 4 amide bonds. The number of nitrogens with zero attached hydrogens (tertiary/aromatic N) is 1. The monoisotopic (exact) mass is 524 g/mol. The molecule has 172 valence electrons. The molecule has 2 heterocycles. The van der Waals surface area contributed by atoms with Crippen molar-refractivity contribution >= 4 is 45.8 Å². The fourth-order valence-corrected chi connectivity index (χ4v) is 3.70. The molecule has 4 rings (SSSR count). The summed E-state index contributed by atoms with van der Waals surface area (Å²) in [6.07, 6.45) is 2.81. The van der Waals surface area contributed by atoms with Crippen LogP contribution in [0.2, 0.25) is 0 Å². The summed E-state index contributed by atoms with van der Waals surface area (Å²) in [6, 6.07) is 13.8. The van der Waals surface area contributed by atoms with Gasteiger partial charge in [-0.2, -0.15) is 0 Å². The van der Waals surface area contributed by atoms with E-state index in [0.717, 1.165) is 10.5 Å². The minimum Gasteiger partial charge on any atom is -0.488 e.